The number of rotatable bonds is 3. The predicted octanol–water partition coefficient (Wildman–Crippen LogP) is 3.29. The Labute approximate surface area is 132 Å². The van der Waals surface area contributed by atoms with Gasteiger partial charge in [0, 0.05) is 16.8 Å². The second-order valence-electron chi connectivity index (χ2n) is 5.21. The van der Waals surface area contributed by atoms with Crippen molar-refractivity contribution in [1.29, 1.82) is 0 Å². The molecule has 0 saturated heterocycles. The topological polar surface area (TPSA) is 69.6 Å². The number of nitrogens with zero attached hydrogens (tertiary/aromatic N) is 5. The highest BCUT2D eigenvalue weighted by Crippen LogP contribution is 2.24. The monoisotopic (exact) mass is 303 g/mol. The van der Waals surface area contributed by atoms with Crippen LogP contribution in [0, 0.1) is 6.92 Å². The van der Waals surface area contributed by atoms with Crippen molar-refractivity contribution in [1.82, 2.24) is 24.9 Å². The average molecular weight is 303 g/mol. The summed E-state index contributed by atoms with van der Waals surface area (Å²) in [6.07, 6.45) is 3.29. The number of hydrogen-bond acceptors (Lipinski definition) is 5. The molecule has 6 heteroatoms. The van der Waals surface area contributed by atoms with Crippen LogP contribution in [-0.4, -0.2) is 24.9 Å². The van der Waals surface area contributed by atoms with E-state index in [-0.39, 0.29) is 0 Å². The molecule has 2 aromatic carbocycles. The molecule has 4 rings (SSSR count). The molecule has 0 aliphatic heterocycles. The Morgan fingerprint density at radius 1 is 0.913 bits per heavy atom. The first-order valence-corrected chi connectivity index (χ1v) is 7.16. The summed E-state index contributed by atoms with van der Waals surface area (Å²) in [7, 11) is 0. The highest BCUT2D eigenvalue weighted by atomic mass is 16.5. The molecule has 0 aliphatic carbocycles. The minimum Gasteiger partial charge on any atom is -0.334 e. The number of aryl methyl sites for hydroxylation is 1. The predicted molar refractivity (Wildman–Crippen MR) is 84.8 cm³/mol. The molecule has 0 bridgehead atoms. The largest absolute Gasteiger partial charge is 0.334 e. The SMILES string of the molecule is Cc1ccc(-c2noc(-c3cccc(-n4cnnc4)c3)n2)cc1. The molecule has 0 aliphatic rings. The standard InChI is InChI=1S/C17H13N5O/c1-12-5-7-13(8-6-12)16-20-17(23-21-16)14-3-2-4-15(9-14)22-10-18-19-11-22/h2-11H,1H3. The first-order chi connectivity index (χ1) is 11.3. The zero-order valence-electron chi connectivity index (χ0n) is 12.4. The van der Waals surface area contributed by atoms with Gasteiger partial charge in [-0.2, -0.15) is 4.98 Å². The Balaban J connectivity index is 1.69. The smallest absolute Gasteiger partial charge is 0.258 e. The summed E-state index contributed by atoms with van der Waals surface area (Å²) < 4.78 is 7.23. The molecule has 0 N–H and O–H groups in total. The van der Waals surface area contributed by atoms with Crippen molar-refractivity contribution in [2.24, 2.45) is 0 Å². The van der Waals surface area contributed by atoms with Crippen LogP contribution in [0.1, 0.15) is 5.56 Å². The molecule has 2 aromatic heterocycles. The molecule has 0 unspecified atom stereocenters. The molecular formula is C17H13N5O. The molecule has 23 heavy (non-hydrogen) atoms. The Morgan fingerprint density at radius 3 is 2.48 bits per heavy atom. The van der Waals surface area contributed by atoms with Crippen LogP contribution in [0.4, 0.5) is 0 Å². The van der Waals surface area contributed by atoms with E-state index in [1.54, 1.807) is 12.7 Å². The van der Waals surface area contributed by atoms with E-state index in [2.05, 4.69) is 20.3 Å². The third-order valence-electron chi connectivity index (χ3n) is 3.55. The fraction of sp³-hybridized carbons (Fsp3) is 0.0588. The van der Waals surface area contributed by atoms with Gasteiger partial charge in [-0.3, -0.25) is 4.57 Å². The Morgan fingerprint density at radius 2 is 1.70 bits per heavy atom. The van der Waals surface area contributed by atoms with Gasteiger partial charge >= 0.3 is 0 Å². The van der Waals surface area contributed by atoms with Gasteiger partial charge in [-0.1, -0.05) is 41.1 Å². The van der Waals surface area contributed by atoms with Crippen molar-refractivity contribution in [3.63, 3.8) is 0 Å². The lowest BCUT2D eigenvalue weighted by Gasteiger charge is -2.01. The van der Waals surface area contributed by atoms with E-state index >= 15 is 0 Å². The molecule has 0 saturated carbocycles. The molecule has 0 fully saturated rings. The number of benzene rings is 2. The van der Waals surface area contributed by atoms with Crippen LogP contribution in [0.2, 0.25) is 0 Å². The second kappa shape index (κ2) is 5.49. The second-order valence-corrected chi connectivity index (χ2v) is 5.21. The van der Waals surface area contributed by atoms with Crippen LogP contribution < -0.4 is 0 Å². The van der Waals surface area contributed by atoms with Gasteiger partial charge in [-0.05, 0) is 25.1 Å². The van der Waals surface area contributed by atoms with Crippen LogP contribution in [0.15, 0.2) is 65.7 Å². The van der Waals surface area contributed by atoms with Crippen molar-refractivity contribution in [2.75, 3.05) is 0 Å². The van der Waals surface area contributed by atoms with Crippen LogP contribution in [0.25, 0.3) is 28.5 Å². The zero-order chi connectivity index (χ0) is 15.6. The van der Waals surface area contributed by atoms with Gasteiger partial charge in [0.2, 0.25) is 5.82 Å². The van der Waals surface area contributed by atoms with Crippen LogP contribution in [0.5, 0.6) is 0 Å². The summed E-state index contributed by atoms with van der Waals surface area (Å²) in [5.74, 6) is 1.06. The van der Waals surface area contributed by atoms with Crippen LogP contribution in [-0.2, 0) is 0 Å². The van der Waals surface area contributed by atoms with Crippen molar-refractivity contribution in [3.8, 4) is 28.5 Å². The van der Waals surface area contributed by atoms with E-state index in [9.17, 15) is 0 Å². The molecule has 0 spiro atoms. The van der Waals surface area contributed by atoms with E-state index < -0.39 is 0 Å². The lowest BCUT2D eigenvalue weighted by atomic mass is 10.1. The van der Waals surface area contributed by atoms with Gasteiger partial charge in [-0.15, -0.1) is 10.2 Å². The molecule has 0 radical (unpaired) electrons. The highest BCUT2D eigenvalue weighted by Gasteiger charge is 2.11. The first-order valence-electron chi connectivity index (χ1n) is 7.16. The minimum absolute atomic E-state index is 0.482. The van der Waals surface area contributed by atoms with Gasteiger partial charge in [0.1, 0.15) is 12.7 Å². The average Bonchev–Trinajstić information content (AvgIpc) is 3.28. The van der Waals surface area contributed by atoms with E-state index in [1.807, 2.05) is 60.0 Å². The quantitative estimate of drug-likeness (QED) is 0.581. The summed E-state index contributed by atoms with van der Waals surface area (Å²) in [6.45, 7) is 2.04. The van der Waals surface area contributed by atoms with Crippen LogP contribution >= 0.6 is 0 Å². The van der Waals surface area contributed by atoms with E-state index in [1.165, 1.54) is 5.56 Å². The molecular weight excluding hydrogens is 290 g/mol. The minimum atomic E-state index is 0.482. The maximum absolute atomic E-state index is 5.41. The molecule has 0 amide bonds. The normalized spacial score (nSPS) is 10.8. The third-order valence-corrected chi connectivity index (χ3v) is 3.55. The zero-order valence-corrected chi connectivity index (χ0v) is 12.4. The molecule has 2 heterocycles. The van der Waals surface area contributed by atoms with Crippen molar-refractivity contribution < 1.29 is 4.52 Å². The van der Waals surface area contributed by atoms with E-state index in [4.69, 9.17) is 4.52 Å². The van der Waals surface area contributed by atoms with Crippen LogP contribution in [0.3, 0.4) is 0 Å². The maximum Gasteiger partial charge on any atom is 0.258 e. The van der Waals surface area contributed by atoms with Gasteiger partial charge < -0.3 is 4.52 Å². The Hall–Kier alpha value is -3.28. The summed E-state index contributed by atoms with van der Waals surface area (Å²) in [6, 6.07) is 15.8. The van der Waals surface area contributed by atoms with Gasteiger partial charge in [0.05, 0.1) is 0 Å². The molecule has 0 atom stereocenters. The lowest BCUT2D eigenvalue weighted by Crippen LogP contribution is -1.90. The number of aromatic nitrogens is 5. The first kappa shape index (κ1) is 13.4. The van der Waals surface area contributed by atoms with E-state index in [0.29, 0.717) is 11.7 Å². The van der Waals surface area contributed by atoms with Gasteiger partial charge in [0.25, 0.3) is 5.89 Å². The van der Waals surface area contributed by atoms with E-state index in [0.717, 1.165) is 16.8 Å². The van der Waals surface area contributed by atoms with Crippen molar-refractivity contribution >= 4 is 0 Å². The van der Waals surface area contributed by atoms with Crippen molar-refractivity contribution in [2.45, 2.75) is 6.92 Å². The van der Waals surface area contributed by atoms with Crippen molar-refractivity contribution in [3.05, 3.63) is 66.7 Å². The summed E-state index contributed by atoms with van der Waals surface area (Å²) in [5.41, 5.74) is 3.91. The fourth-order valence-electron chi connectivity index (χ4n) is 2.29. The maximum atomic E-state index is 5.41. The van der Waals surface area contributed by atoms with Gasteiger partial charge in [-0.25, -0.2) is 0 Å². The molecule has 6 nitrogen and oxygen atoms in total. The van der Waals surface area contributed by atoms with Gasteiger partial charge in [0.15, 0.2) is 0 Å². The Bertz CT molecular complexity index is 926. The third kappa shape index (κ3) is 2.62. The number of hydrogen-bond donors (Lipinski definition) is 0. The molecule has 112 valence electrons. The summed E-state index contributed by atoms with van der Waals surface area (Å²) in [5, 5.41) is 11.7. The lowest BCUT2D eigenvalue weighted by molar-refractivity contribution is 0.432. The summed E-state index contributed by atoms with van der Waals surface area (Å²) >= 11 is 0. The highest BCUT2D eigenvalue weighted by molar-refractivity contribution is 5.61. The molecule has 4 aromatic rings. The summed E-state index contributed by atoms with van der Waals surface area (Å²) in [4.78, 5) is 4.48. The Kier molecular flexibility index (Phi) is 3.20. The fourth-order valence-corrected chi connectivity index (χ4v) is 2.29.